The highest BCUT2D eigenvalue weighted by molar-refractivity contribution is 5.89. The Morgan fingerprint density at radius 3 is 2.76 bits per heavy atom. The average Bonchev–Trinajstić information content (AvgIpc) is 2.49. The molecular weight excluding hydrogens is 281 g/mol. The highest BCUT2D eigenvalue weighted by Crippen LogP contribution is 2.16. The molecule has 2 N–H and O–H groups in total. The maximum absolute atomic E-state index is 13.9. The van der Waals surface area contributed by atoms with E-state index < -0.39 is 23.4 Å². The van der Waals surface area contributed by atoms with Crippen molar-refractivity contribution in [1.29, 1.82) is 0 Å². The van der Waals surface area contributed by atoms with E-state index in [0.717, 1.165) is 6.07 Å². The minimum Gasteiger partial charge on any atom is -0.478 e. The minimum atomic E-state index is -1.38. The molecule has 2 heterocycles. The second kappa shape index (κ2) is 6.49. The van der Waals surface area contributed by atoms with Crippen molar-refractivity contribution in [2.24, 2.45) is 0 Å². The molecule has 1 fully saturated rings. The van der Waals surface area contributed by atoms with Crippen LogP contribution in [0, 0.1) is 5.82 Å². The van der Waals surface area contributed by atoms with Crippen molar-refractivity contribution < 1.29 is 23.8 Å². The van der Waals surface area contributed by atoms with Gasteiger partial charge in [0.05, 0.1) is 13.2 Å². The van der Waals surface area contributed by atoms with Crippen LogP contribution >= 0.6 is 0 Å². The first-order chi connectivity index (χ1) is 10.0. The van der Waals surface area contributed by atoms with Crippen LogP contribution in [-0.2, 0) is 9.53 Å². The number of rotatable bonds is 4. The number of pyridine rings is 1. The molecule has 1 aliphatic heterocycles. The van der Waals surface area contributed by atoms with Crippen LogP contribution in [0.3, 0.4) is 0 Å². The first-order valence-electron chi connectivity index (χ1n) is 6.51. The Labute approximate surface area is 120 Å². The molecule has 0 bridgehead atoms. The predicted octanol–water partition coefficient (Wildman–Crippen LogP) is 0.578. The maximum atomic E-state index is 13.9. The van der Waals surface area contributed by atoms with Gasteiger partial charge in [0, 0.05) is 19.3 Å². The zero-order valence-electron chi connectivity index (χ0n) is 11.5. The molecule has 0 radical (unpaired) electrons. The fraction of sp³-hybridized carbons (Fsp3) is 0.462. The van der Waals surface area contributed by atoms with Gasteiger partial charge in [-0.3, -0.25) is 4.79 Å². The zero-order chi connectivity index (χ0) is 15.4. The van der Waals surface area contributed by atoms with E-state index in [1.807, 2.05) is 0 Å². The van der Waals surface area contributed by atoms with E-state index in [1.165, 1.54) is 6.20 Å². The second-order valence-electron chi connectivity index (χ2n) is 4.63. The third kappa shape index (κ3) is 3.46. The molecule has 1 aromatic rings. The monoisotopic (exact) mass is 297 g/mol. The molecular formula is C13H16FN3O4. The lowest BCUT2D eigenvalue weighted by Crippen LogP contribution is -2.47. The number of morpholine rings is 1. The molecule has 1 aliphatic rings. The van der Waals surface area contributed by atoms with Gasteiger partial charge in [0.25, 0.3) is 0 Å². The van der Waals surface area contributed by atoms with E-state index in [9.17, 15) is 14.0 Å². The first-order valence-corrected chi connectivity index (χ1v) is 6.51. The number of carbonyl (C=O) groups excluding carboxylic acids is 1. The summed E-state index contributed by atoms with van der Waals surface area (Å²) in [6, 6.07) is 0.353. The number of nitrogens with zero attached hydrogens (tertiary/aromatic N) is 2. The SMILES string of the molecule is CC(Nc1nccc(C(=O)O)c1F)C(=O)N1CCOCC1. The smallest absolute Gasteiger partial charge is 0.338 e. The molecule has 0 spiro atoms. The Hall–Kier alpha value is -2.22. The third-order valence-electron chi connectivity index (χ3n) is 3.17. The molecule has 0 saturated carbocycles. The van der Waals surface area contributed by atoms with Crippen LogP contribution in [0.15, 0.2) is 12.3 Å². The number of aromatic carboxylic acids is 1. The van der Waals surface area contributed by atoms with Crippen molar-refractivity contribution in [3.05, 3.63) is 23.6 Å². The molecule has 1 unspecified atom stereocenters. The van der Waals surface area contributed by atoms with Gasteiger partial charge in [-0.05, 0) is 13.0 Å². The van der Waals surface area contributed by atoms with Crippen molar-refractivity contribution >= 4 is 17.7 Å². The van der Waals surface area contributed by atoms with Gasteiger partial charge < -0.3 is 20.1 Å². The Morgan fingerprint density at radius 2 is 2.14 bits per heavy atom. The van der Waals surface area contributed by atoms with Gasteiger partial charge in [0.15, 0.2) is 11.6 Å². The highest BCUT2D eigenvalue weighted by atomic mass is 19.1. The number of hydrogen-bond acceptors (Lipinski definition) is 5. The number of ether oxygens (including phenoxy) is 1. The van der Waals surface area contributed by atoms with Crippen LogP contribution in [0.1, 0.15) is 17.3 Å². The van der Waals surface area contributed by atoms with Crippen molar-refractivity contribution in [3.63, 3.8) is 0 Å². The fourth-order valence-corrected chi connectivity index (χ4v) is 2.03. The molecule has 1 saturated heterocycles. The third-order valence-corrected chi connectivity index (χ3v) is 3.17. The molecule has 0 aromatic carbocycles. The minimum absolute atomic E-state index is 0.208. The Bertz CT molecular complexity index is 546. The Kier molecular flexibility index (Phi) is 4.69. The van der Waals surface area contributed by atoms with Gasteiger partial charge in [0.2, 0.25) is 5.91 Å². The molecule has 0 aliphatic carbocycles. The van der Waals surface area contributed by atoms with E-state index in [1.54, 1.807) is 11.8 Å². The van der Waals surface area contributed by atoms with Gasteiger partial charge in [0.1, 0.15) is 11.6 Å². The number of nitrogens with one attached hydrogen (secondary N) is 1. The number of amides is 1. The average molecular weight is 297 g/mol. The lowest BCUT2D eigenvalue weighted by Gasteiger charge is -2.29. The summed E-state index contributed by atoms with van der Waals surface area (Å²) in [4.78, 5) is 28.4. The maximum Gasteiger partial charge on any atom is 0.338 e. The summed E-state index contributed by atoms with van der Waals surface area (Å²) in [5, 5.41) is 11.5. The van der Waals surface area contributed by atoms with E-state index >= 15 is 0 Å². The number of halogens is 1. The van der Waals surface area contributed by atoms with Crippen LogP contribution in [0.5, 0.6) is 0 Å². The molecule has 2 rings (SSSR count). The second-order valence-corrected chi connectivity index (χ2v) is 4.63. The van der Waals surface area contributed by atoms with Crippen molar-refractivity contribution in [3.8, 4) is 0 Å². The van der Waals surface area contributed by atoms with Gasteiger partial charge in [-0.15, -0.1) is 0 Å². The number of hydrogen-bond donors (Lipinski definition) is 2. The number of carbonyl (C=O) groups is 2. The number of carboxylic acid groups (broad SMARTS) is 1. The first kappa shape index (κ1) is 15.2. The van der Waals surface area contributed by atoms with Crippen molar-refractivity contribution in [2.75, 3.05) is 31.6 Å². The molecule has 114 valence electrons. The summed E-state index contributed by atoms with van der Waals surface area (Å²) in [5.74, 6) is -2.82. The fourth-order valence-electron chi connectivity index (χ4n) is 2.03. The van der Waals surface area contributed by atoms with Crippen LogP contribution in [-0.4, -0.2) is 59.2 Å². The van der Waals surface area contributed by atoms with Crippen molar-refractivity contribution in [1.82, 2.24) is 9.88 Å². The molecule has 1 atom stereocenters. The number of anilines is 1. The van der Waals surface area contributed by atoms with Crippen LogP contribution in [0.2, 0.25) is 0 Å². The molecule has 8 heteroatoms. The summed E-state index contributed by atoms with van der Waals surface area (Å²) < 4.78 is 19.1. The van der Waals surface area contributed by atoms with Gasteiger partial charge in [-0.2, -0.15) is 0 Å². The zero-order valence-corrected chi connectivity index (χ0v) is 11.5. The lowest BCUT2D eigenvalue weighted by molar-refractivity contribution is -0.135. The molecule has 7 nitrogen and oxygen atoms in total. The normalized spacial score (nSPS) is 16.4. The molecule has 1 aromatic heterocycles. The van der Waals surface area contributed by atoms with Gasteiger partial charge in [-0.1, -0.05) is 0 Å². The summed E-state index contributed by atoms with van der Waals surface area (Å²) in [5.41, 5.74) is -0.487. The number of aromatic nitrogens is 1. The highest BCUT2D eigenvalue weighted by Gasteiger charge is 2.24. The summed E-state index contributed by atoms with van der Waals surface area (Å²) >= 11 is 0. The predicted molar refractivity (Wildman–Crippen MR) is 71.6 cm³/mol. The van der Waals surface area contributed by atoms with E-state index in [0.29, 0.717) is 26.3 Å². The van der Waals surface area contributed by atoms with Crippen LogP contribution in [0.25, 0.3) is 0 Å². The van der Waals surface area contributed by atoms with E-state index in [4.69, 9.17) is 9.84 Å². The van der Waals surface area contributed by atoms with Gasteiger partial charge >= 0.3 is 5.97 Å². The van der Waals surface area contributed by atoms with E-state index in [2.05, 4.69) is 10.3 Å². The van der Waals surface area contributed by atoms with Crippen LogP contribution < -0.4 is 5.32 Å². The standard InChI is InChI=1S/C13H16FN3O4/c1-8(12(18)17-4-6-21-7-5-17)16-11-10(14)9(13(19)20)2-3-15-11/h2-3,8H,4-7H2,1H3,(H,15,16)(H,19,20). The Morgan fingerprint density at radius 1 is 1.48 bits per heavy atom. The van der Waals surface area contributed by atoms with Gasteiger partial charge in [-0.25, -0.2) is 14.2 Å². The number of carboxylic acids is 1. The van der Waals surface area contributed by atoms with Crippen LogP contribution in [0.4, 0.5) is 10.2 Å². The quantitative estimate of drug-likeness (QED) is 0.844. The van der Waals surface area contributed by atoms with Crippen molar-refractivity contribution in [2.45, 2.75) is 13.0 Å². The Balaban J connectivity index is 2.08. The summed E-state index contributed by atoms with van der Waals surface area (Å²) in [6.07, 6.45) is 1.18. The molecule has 1 amide bonds. The topological polar surface area (TPSA) is 91.8 Å². The summed E-state index contributed by atoms with van der Waals surface area (Å²) in [6.45, 7) is 3.48. The largest absolute Gasteiger partial charge is 0.478 e. The van der Waals surface area contributed by atoms with E-state index in [-0.39, 0.29) is 11.7 Å². The summed E-state index contributed by atoms with van der Waals surface area (Å²) in [7, 11) is 0. The molecule has 21 heavy (non-hydrogen) atoms. The lowest BCUT2D eigenvalue weighted by atomic mass is 10.2.